The number of hydrogen-bond acceptors (Lipinski definition) is 2. The van der Waals surface area contributed by atoms with Crippen molar-refractivity contribution in [3.8, 4) is 0 Å². The lowest BCUT2D eigenvalue weighted by molar-refractivity contribution is 1.16. The highest BCUT2D eigenvalue weighted by Gasteiger charge is 1.94. The normalized spacial score (nSPS) is 13.8. The van der Waals surface area contributed by atoms with Gasteiger partial charge in [0.1, 0.15) is 5.84 Å². The van der Waals surface area contributed by atoms with Crippen LogP contribution >= 0.6 is 0 Å². The molecule has 0 fully saturated rings. The Labute approximate surface area is 55.9 Å². The molecule has 0 amide bonds. The van der Waals surface area contributed by atoms with Crippen LogP contribution in [0.1, 0.15) is 6.92 Å². The Morgan fingerprint density at radius 2 is 1.78 bits per heavy atom. The first kappa shape index (κ1) is 8.14. The summed E-state index contributed by atoms with van der Waals surface area (Å²) < 4.78 is 0. The zero-order valence-corrected chi connectivity index (χ0v) is 6.39. The molecule has 0 aromatic carbocycles. The molecule has 0 aromatic rings. The predicted octanol–water partition coefficient (Wildman–Crippen LogP) is 0.325. The molecule has 0 aliphatic carbocycles. The van der Waals surface area contributed by atoms with Crippen LogP contribution in [0.4, 0.5) is 0 Å². The van der Waals surface area contributed by atoms with Crippen LogP contribution in [-0.4, -0.2) is 32.7 Å². The van der Waals surface area contributed by atoms with Gasteiger partial charge < -0.3 is 5.32 Å². The molecule has 0 saturated heterocycles. The van der Waals surface area contributed by atoms with E-state index in [9.17, 15) is 0 Å². The smallest absolute Gasteiger partial charge is 0.141 e. The van der Waals surface area contributed by atoms with Gasteiger partial charge in [0.25, 0.3) is 0 Å². The average molecular weight is 127 g/mol. The van der Waals surface area contributed by atoms with Gasteiger partial charge in [0, 0.05) is 21.1 Å². The van der Waals surface area contributed by atoms with Crippen molar-refractivity contribution in [1.29, 1.82) is 0 Å². The molecule has 1 N–H and O–H groups in total. The van der Waals surface area contributed by atoms with E-state index < -0.39 is 0 Å². The summed E-state index contributed by atoms with van der Waals surface area (Å²) in [6, 6.07) is 0. The van der Waals surface area contributed by atoms with Crippen LogP contribution in [-0.2, 0) is 0 Å². The highest BCUT2D eigenvalue weighted by atomic mass is 15.0. The summed E-state index contributed by atoms with van der Waals surface area (Å²) >= 11 is 0. The second-order valence-corrected chi connectivity index (χ2v) is 1.63. The van der Waals surface area contributed by atoms with E-state index in [1.807, 2.05) is 14.0 Å². The summed E-state index contributed by atoms with van der Waals surface area (Å²) in [5.74, 6) is 0.845. The maximum absolute atomic E-state index is 3.95. The van der Waals surface area contributed by atoms with Crippen molar-refractivity contribution in [2.45, 2.75) is 6.92 Å². The molecular weight excluding hydrogens is 114 g/mol. The largest absolute Gasteiger partial charge is 0.372 e. The molecule has 0 spiro atoms. The summed E-state index contributed by atoms with van der Waals surface area (Å²) in [5, 5.41) is 2.92. The van der Waals surface area contributed by atoms with Crippen LogP contribution in [0.25, 0.3) is 0 Å². The topological polar surface area (TPSA) is 36.8 Å². The Bertz CT molecular complexity index is 135. The Morgan fingerprint density at radius 3 is 1.89 bits per heavy atom. The maximum atomic E-state index is 3.95. The van der Waals surface area contributed by atoms with E-state index in [0.717, 1.165) is 11.5 Å². The summed E-state index contributed by atoms with van der Waals surface area (Å²) in [6.07, 6.45) is 0. The van der Waals surface area contributed by atoms with Gasteiger partial charge in [-0.05, 0) is 6.92 Å². The van der Waals surface area contributed by atoms with Crippen molar-refractivity contribution in [3.63, 3.8) is 0 Å². The number of nitrogens with one attached hydrogen (secondary N) is 1. The monoisotopic (exact) mass is 127 g/mol. The molecule has 3 heteroatoms. The SMILES string of the molecule is CN=C(C)C(=NC)NC. The summed E-state index contributed by atoms with van der Waals surface area (Å²) in [7, 11) is 5.31. The minimum absolute atomic E-state index is 0.845. The van der Waals surface area contributed by atoms with Crippen LogP contribution in [0.2, 0.25) is 0 Å². The highest BCUT2D eigenvalue weighted by molar-refractivity contribution is 6.40. The molecule has 0 aromatic heterocycles. The van der Waals surface area contributed by atoms with Gasteiger partial charge in [0.2, 0.25) is 0 Å². The lowest BCUT2D eigenvalue weighted by Crippen LogP contribution is -2.25. The second kappa shape index (κ2) is 4.06. The van der Waals surface area contributed by atoms with E-state index in [1.165, 1.54) is 0 Å². The molecule has 0 heterocycles. The van der Waals surface area contributed by atoms with Gasteiger partial charge in [0.15, 0.2) is 0 Å². The fourth-order valence-corrected chi connectivity index (χ4v) is 0.560. The van der Waals surface area contributed by atoms with Crippen molar-refractivity contribution >= 4 is 11.5 Å². The summed E-state index contributed by atoms with van der Waals surface area (Å²) in [5.41, 5.74) is 0.931. The lowest BCUT2D eigenvalue weighted by atomic mass is 10.4. The molecule has 0 saturated carbocycles. The Morgan fingerprint density at radius 1 is 1.22 bits per heavy atom. The molecule has 9 heavy (non-hydrogen) atoms. The minimum atomic E-state index is 0.845. The van der Waals surface area contributed by atoms with Crippen molar-refractivity contribution in [2.24, 2.45) is 9.98 Å². The van der Waals surface area contributed by atoms with Crippen LogP contribution in [0.5, 0.6) is 0 Å². The van der Waals surface area contributed by atoms with Gasteiger partial charge in [0.05, 0.1) is 5.71 Å². The first-order valence-corrected chi connectivity index (χ1v) is 2.84. The van der Waals surface area contributed by atoms with Crippen molar-refractivity contribution in [2.75, 3.05) is 21.1 Å². The molecule has 0 aliphatic heterocycles. The third kappa shape index (κ3) is 2.26. The standard InChI is InChI=1S/C6H13N3/c1-5(7-2)6(8-3)9-4/h1-4H3,(H,8,9). The van der Waals surface area contributed by atoms with Gasteiger partial charge in [-0.25, -0.2) is 0 Å². The van der Waals surface area contributed by atoms with E-state index >= 15 is 0 Å². The number of hydrogen-bond donors (Lipinski definition) is 1. The Hall–Kier alpha value is -0.860. The fourth-order valence-electron chi connectivity index (χ4n) is 0.560. The number of amidine groups is 1. The lowest BCUT2D eigenvalue weighted by Gasteiger charge is -2.00. The van der Waals surface area contributed by atoms with Crippen molar-refractivity contribution in [3.05, 3.63) is 0 Å². The molecule has 0 atom stereocenters. The fraction of sp³-hybridized carbons (Fsp3) is 0.667. The molecule has 3 nitrogen and oxygen atoms in total. The Kier molecular flexibility index (Phi) is 3.67. The average Bonchev–Trinajstić information content (AvgIpc) is 1.90. The van der Waals surface area contributed by atoms with Crippen LogP contribution in [0, 0.1) is 0 Å². The van der Waals surface area contributed by atoms with Crippen LogP contribution in [0.3, 0.4) is 0 Å². The van der Waals surface area contributed by atoms with Gasteiger partial charge in [-0.2, -0.15) is 0 Å². The van der Waals surface area contributed by atoms with Crippen LogP contribution < -0.4 is 5.32 Å². The maximum Gasteiger partial charge on any atom is 0.141 e. The molecule has 0 aliphatic rings. The summed E-state index contributed by atoms with van der Waals surface area (Å²) in [4.78, 5) is 7.91. The van der Waals surface area contributed by atoms with Crippen molar-refractivity contribution in [1.82, 2.24) is 5.32 Å². The highest BCUT2D eigenvalue weighted by Crippen LogP contribution is 1.76. The zero-order chi connectivity index (χ0) is 7.28. The first-order chi connectivity index (χ1) is 4.26. The molecule has 0 rings (SSSR count). The Balaban J connectivity index is 4.14. The van der Waals surface area contributed by atoms with Gasteiger partial charge >= 0.3 is 0 Å². The minimum Gasteiger partial charge on any atom is -0.372 e. The third-order valence-corrected chi connectivity index (χ3v) is 1.14. The number of nitrogens with zero attached hydrogens (tertiary/aromatic N) is 2. The number of rotatable bonds is 1. The van der Waals surface area contributed by atoms with E-state index in [4.69, 9.17) is 0 Å². The van der Waals surface area contributed by atoms with E-state index in [0.29, 0.717) is 0 Å². The third-order valence-electron chi connectivity index (χ3n) is 1.14. The molecular formula is C6H13N3. The van der Waals surface area contributed by atoms with Crippen molar-refractivity contribution < 1.29 is 0 Å². The zero-order valence-electron chi connectivity index (χ0n) is 6.39. The number of aliphatic imine (C=N–C) groups is 2. The quantitative estimate of drug-likeness (QED) is 0.400. The van der Waals surface area contributed by atoms with E-state index in [1.54, 1.807) is 14.1 Å². The predicted molar refractivity (Wildman–Crippen MR) is 41.5 cm³/mol. The van der Waals surface area contributed by atoms with E-state index in [2.05, 4.69) is 15.3 Å². The second-order valence-electron chi connectivity index (χ2n) is 1.63. The van der Waals surface area contributed by atoms with Gasteiger partial charge in [-0.3, -0.25) is 9.98 Å². The van der Waals surface area contributed by atoms with Gasteiger partial charge in [-0.15, -0.1) is 0 Å². The molecule has 0 unspecified atom stereocenters. The van der Waals surface area contributed by atoms with Crippen LogP contribution in [0.15, 0.2) is 9.98 Å². The molecule has 0 radical (unpaired) electrons. The molecule has 52 valence electrons. The molecule has 0 bridgehead atoms. The summed E-state index contributed by atoms with van der Waals surface area (Å²) in [6.45, 7) is 1.92. The van der Waals surface area contributed by atoms with E-state index in [-0.39, 0.29) is 0 Å². The first-order valence-electron chi connectivity index (χ1n) is 2.84. The van der Waals surface area contributed by atoms with Gasteiger partial charge in [-0.1, -0.05) is 0 Å².